The van der Waals surface area contributed by atoms with Crippen LogP contribution >= 0.6 is 0 Å². The second kappa shape index (κ2) is 5.55. The van der Waals surface area contributed by atoms with Crippen molar-refractivity contribution in [3.8, 4) is 0 Å². The Balaban J connectivity index is 2.30. The molecule has 0 radical (unpaired) electrons. The highest BCUT2D eigenvalue weighted by Crippen LogP contribution is 2.41. The lowest BCUT2D eigenvalue weighted by Crippen LogP contribution is -2.39. The maximum Gasteiger partial charge on any atom is 0.104 e. The Morgan fingerprint density at radius 1 is 1.22 bits per heavy atom. The van der Waals surface area contributed by atoms with Crippen molar-refractivity contribution >= 4 is 5.84 Å². The SMILES string of the molecule is CC(C)CN=C(N)C1(c2ccccc2)CCCC1. The molecule has 2 nitrogen and oxygen atoms in total. The summed E-state index contributed by atoms with van der Waals surface area (Å²) < 4.78 is 0. The molecule has 1 aliphatic carbocycles. The van der Waals surface area contributed by atoms with Crippen molar-refractivity contribution in [1.82, 2.24) is 0 Å². The van der Waals surface area contributed by atoms with Crippen LogP contribution in [0.4, 0.5) is 0 Å². The van der Waals surface area contributed by atoms with E-state index in [1.165, 1.54) is 18.4 Å². The highest BCUT2D eigenvalue weighted by Gasteiger charge is 2.39. The number of nitrogens with zero attached hydrogens (tertiary/aromatic N) is 1. The number of benzene rings is 1. The van der Waals surface area contributed by atoms with Crippen LogP contribution in [0.3, 0.4) is 0 Å². The van der Waals surface area contributed by atoms with E-state index in [2.05, 4.69) is 49.2 Å². The summed E-state index contributed by atoms with van der Waals surface area (Å²) in [6.07, 6.45) is 4.80. The zero-order valence-corrected chi connectivity index (χ0v) is 11.5. The van der Waals surface area contributed by atoms with Crippen LogP contribution in [0.1, 0.15) is 45.1 Å². The zero-order chi connectivity index (χ0) is 13.0. The van der Waals surface area contributed by atoms with Gasteiger partial charge in [0.15, 0.2) is 0 Å². The first-order valence-corrected chi connectivity index (χ1v) is 7.01. The van der Waals surface area contributed by atoms with Gasteiger partial charge in [0.1, 0.15) is 5.84 Å². The molecule has 2 rings (SSSR count). The van der Waals surface area contributed by atoms with Crippen LogP contribution in [0, 0.1) is 5.92 Å². The van der Waals surface area contributed by atoms with Gasteiger partial charge in [-0.3, -0.25) is 4.99 Å². The summed E-state index contributed by atoms with van der Waals surface area (Å²) in [7, 11) is 0. The van der Waals surface area contributed by atoms with Gasteiger partial charge in [-0.15, -0.1) is 0 Å². The Labute approximate surface area is 110 Å². The molecule has 0 amide bonds. The normalized spacial score (nSPS) is 19.4. The van der Waals surface area contributed by atoms with Gasteiger partial charge in [0, 0.05) is 6.54 Å². The van der Waals surface area contributed by atoms with E-state index in [0.29, 0.717) is 5.92 Å². The standard InChI is InChI=1S/C16H24N2/c1-13(2)12-18-15(17)16(10-6-7-11-16)14-8-4-3-5-9-14/h3-5,8-9,13H,6-7,10-12H2,1-2H3,(H2,17,18). The first-order chi connectivity index (χ1) is 8.65. The number of amidine groups is 1. The fourth-order valence-electron chi connectivity index (χ4n) is 2.86. The van der Waals surface area contributed by atoms with E-state index in [-0.39, 0.29) is 5.41 Å². The Hall–Kier alpha value is -1.31. The summed E-state index contributed by atoms with van der Waals surface area (Å²) in [6, 6.07) is 10.7. The van der Waals surface area contributed by atoms with Crippen molar-refractivity contribution in [1.29, 1.82) is 0 Å². The van der Waals surface area contributed by atoms with Gasteiger partial charge in [0.2, 0.25) is 0 Å². The van der Waals surface area contributed by atoms with Crippen LogP contribution in [0.2, 0.25) is 0 Å². The molecule has 0 heterocycles. The summed E-state index contributed by atoms with van der Waals surface area (Å²) in [5.41, 5.74) is 7.69. The van der Waals surface area contributed by atoms with E-state index in [9.17, 15) is 0 Å². The molecule has 0 saturated heterocycles. The molecule has 0 spiro atoms. The second-order valence-corrected chi connectivity index (χ2v) is 5.78. The molecule has 1 aliphatic rings. The molecule has 1 aromatic carbocycles. The third-order valence-corrected chi connectivity index (χ3v) is 3.90. The molecular weight excluding hydrogens is 220 g/mol. The molecule has 98 valence electrons. The second-order valence-electron chi connectivity index (χ2n) is 5.78. The lowest BCUT2D eigenvalue weighted by molar-refractivity contribution is 0.581. The van der Waals surface area contributed by atoms with E-state index in [4.69, 9.17) is 5.73 Å². The lowest BCUT2D eigenvalue weighted by Gasteiger charge is -2.29. The minimum atomic E-state index is 0.0101. The minimum absolute atomic E-state index is 0.0101. The smallest absolute Gasteiger partial charge is 0.104 e. The largest absolute Gasteiger partial charge is 0.387 e. The number of hydrogen-bond donors (Lipinski definition) is 1. The fraction of sp³-hybridized carbons (Fsp3) is 0.562. The molecule has 2 N–H and O–H groups in total. The van der Waals surface area contributed by atoms with Gasteiger partial charge < -0.3 is 5.73 Å². The van der Waals surface area contributed by atoms with Crippen LogP contribution in [-0.4, -0.2) is 12.4 Å². The molecule has 2 heteroatoms. The van der Waals surface area contributed by atoms with Crippen LogP contribution in [0.25, 0.3) is 0 Å². The van der Waals surface area contributed by atoms with Crippen LogP contribution in [-0.2, 0) is 5.41 Å². The Kier molecular flexibility index (Phi) is 4.05. The van der Waals surface area contributed by atoms with Crippen molar-refractivity contribution in [2.24, 2.45) is 16.6 Å². The van der Waals surface area contributed by atoms with Gasteiger partial charge in [-0.05, 0) is 24.3 Å². The van der Waals surface area contributed by atoms with Gasteiger partial charge in [-0.25, -0.2) is 0 Å². The van der Waals surface area contributed by atoms with Crippen molar-refractivity contribution < 1.29 is 0 Å². The van der Waals surface area contributed by atoms with Crippen LogP contribution in [0.15, 0.2) is 35.3 Å². The molecular formula is C16H24N2. The Bertz CT molecular complexity index is 400. The summed E-state index contributed by atoms with van der Waals surface area (Å²) in [4.78, 5) is 4.65. The molecule has 1 fully saturated rings. The Morgan fingerprint density at radius 3 is 2.39 bits per heavy atom. The van der Waals surface area contributed by atoms with Gasteiger partial charge in [-0.1, -0.05) is 57.0 Å². The molecule has 18 heavy (non-hydrogen) atoms. The molecule has 0 unspecified atom stereocenters. The van der Waals surface area contributed by atoms with E-state index >= 15 is 0 Å². The van der Waals surface area contributed by atoms with Crippen LogP contribution in [0.5, 0.6) is 0 Å². The predicted molar refractivity (Wildman–Crippen MR) is 77.9 cm³/mol. The number of nitrogens with two attached hydrogens (primary N) is 1. The van der Waals surface area contributed by atoms with Crippen molar-refractivity contribution in [3.63, 3.8) is 0 Å². The van der Waals surface area contributed by atoms with E-state index < -0.39 is 0 Å². The number of hydrogen-bond acceptors (Lipinski definition) is 1. The molecule has 0 atom stereocenters. The summed E-state index contributed by atoms with van der Waals surface area (Å²) in [5.74, 6) is 1.41. The molecule has 0 aliphatic heterocycles. The predicted octanol–water partition coefficient (Wildman–Crippen LogP) is 3.51. The first-order valence-electron chi connectivity index (χ1n) is 7.01. The first kappa shape index (κ1) is 13.1. The number of rotatable bonds is 4. The van der Waals surface area contributed by atoms with Gasteiger partial charge in [0.05, 0.1) is 5.41 Å². The van der Waals surface area contributed by atoms with E-state index in [1.54, 1.807) is 0 Å². The molecule has 1 saturated carbocycles. The maximum absolute atomic E-state index is 6.34. The third kappa shape index (κ3) is 2.58. The zero-order valence-electron chi connectivity index (χ0n) is 11.5. The summed E-state index contributed by atoms with van der Waals surface area (Å²) >= 11 is 0. The molecule has 0 bridgehead atoms. The fourth-order valence-corrected chi connectivity index (χ4v) is 2.86. The average molecular weight is 244 g/mol. The maximum atomic E-state index is 6.34. The quantitative estimate of drug-likeness (QED) is 0.639. The van der Waals surface area contributed by atoms with Crippen molar-refractivity contribution in [2.45, 2.75) is 44.9 Å². The van der Waals surface area contributed by atoms with Gasteiger partial charge in [-0.2, -0.15) is 0 Å². The summed E-state index contributed by atoms with van der Waals surface area (Å²) in [5, 5.41) is 0. The van der Waals surface area contributed by atoms with Crippen molar-refractivity contribution in [2.75, 3.05) is 6.54 Å². The van der Waals surface area contributed by atoms with Gasteiger partial charge in [0.25, 0.3) is 0 Å². The summed E-state index contributed by atoms with van der Waals surface area (Å²) in [6.45, 7) is 5.20. The highest BCUT2D eigenvalue weighted by molar-refractivity contribution is 5.92. The Morgan fingerprint density at radius 2 is 1.83 bits per heavy atom. The molecule has 1 aromatic rings. The highest BCUT2D eigenvalue weighted by atomic mass is 14.9. The topological polar surface area (TPSA) is 38.4 Å². The third-order valence-electron chi connectivity index (χ3n) is 3.90. The van der Waals surface area contributed by atoms with E-state index in [1.807, 2.05) is 0 Å². The van der Waals surface area contributed by atoms with Crippen molar-refractivity contribution in [3.05, 3.63) is 35.9 Å². The lowest BCUT2D eigenvalue weighted by atomic mass is 9.78. The molecule has 0 aromatic heterocycles. The number of aliphatic imine (C=N–C) groups is 1. The van der Waals surface area contributed by atoms with E-state index in [0.717, 1.165) is 25.2 Å². The monoisotopic (exact) mass is 244 g/mol. The minimum Gasteiger partial charge on any atom is -0.387 e. The van der Waals surface area contributed by atoms with Crippen LogP contribution < -0.4 is 5.73 Å². The average Bonchev–Trinajstić information content (AvgIpc) is 2.87. The van der Waals surface area contributed by atoms with Gasteiger partial charge >= 0.3 is 0 Å².